The van der Waals surface area contributed by atoms with Gasteiger partial charge < -0.3 is 10.1 Å². The number of benzene rings is 2. The molecule has 0 aliphatic rings. The highest BCUT2D eigenvalue weighted by molar-refractivity contribution is 5.86. The lowest BCUT2D eigenvalue weighted by Gasteiger charge is -2.29. The van der Waals surface area contributed by atoms with Crippen molar-refractivity contribution >= 4 is 16.9 Å². The second-order valence-electron chi connectivity index (χ2n) is 5.29. The topological polar surface area (TPSA) is 41.6 Å². The smallest absolute Gasteiger partial charge is 0.406 e. The van der Waals surface area contributed by atoms with Crippen LogP contribution in [0.3, 0.4) is 0 Å². The van der Waals surface area contributed by atoms with Crippen molar-refractivity contribution in [2.75, 3.05) is 26.7 Å². The molecule has 4 nitrogen and oxygen atoms in total. The van der Waals surface area contributed by atoms with Crippen LogP contribution in [-0.2, 0) is 4.74 Å². The number of nitrogens with one attached hydrogen (secondary N) is 1. The highest BCUT2D eigenvalue weighted by Crippen LogP contribution is 2.27. The Morgan fingerprint density at radius 3 is 2.68 bits per heavy atom. The summed E-state index contributed by atoms with van der Waals surface area (Å²) in [5, 5.41) is 5.29. The predicted octanol–water partition coefficient (Wildman–Crippen LogP) is 3.58. The summed E-state index contributed by atoms with van der Waals surface area (Å²) in [6.07, 6.45) is -0.381. The zero-order valence-corrected chi connectivity index (χ0v) is 13.5. The summed E-state index contributed by atoms with van der Waals surface area (Å²) >= 11 is 0. The highest BCUT2D eigenvalue weighted by Gasteiger charge is 2.16. The van der Waals surface area contributed by atoms with E-state index in [0.29, 0.717) is 6.54 Å². The van der Waals surface area contributed by atoms with E-state index in [2.05, 4.69) is 71.3 Å². The van der Waals surface area contributed by atoms with Gasteiger partial charge in [0.25, 0.3) is 0 Å². The van der Waals surface area contributed by atoms with Crippen LogP contribution < -0.4 is 5.32 Å². The third kappa shape index (κ3) is 3.77. The fraction of sp³-hybridized carbons (Fsp3) is 0.389. The zero-order chi connectivity index (χ0) is 15.9. The van der Waals surface area contributed by atoms with Crippen molar-refractivity contribution in [2.45, 2.75) is 19.9 Å². The molecule has 0 fully saturated rings. The number of nitrogens with zero attached hydrogens (tertiary/aromatic N) is 1. The molecule has 2 aromatic carbocycles. The van der Waals surface area contributed by atoms with Gasteiger partial charge in [0.15, 0.2) is 0 Å². The van der Waals surface area contributed by atoms with Crippen molar-refractivity contribution in [3.63, 3.8) is 0 Å². The molecular formula is C18H24N2O2. The molecule has 0 heterocycles. The van der Waals surface area contributed by atoms with Crippen molar-refractivity contribution in [1.29, 1.82) is 0 Å². The third-order valence-electron chi connectivity index (χ3n) is 4.08. The number of alkyl carbamates (subject to hydrolysis) is 1. The van der Waals surface area contributed by atoms with Crippen LogP contribution in [0, 0.1) is 0 Å². The van der Waals surface area contributed by atoms with Gasteiger partial charge in [0, 0.05) is 19.1 Å². The lowest BCUT2D eigenvalue weighted by molar-refractivity contribution is 0.166. The summed E-state index contributed by atoms with van der Waals surface area (Å²) in [7, 11) is 1.38. The van der Waals surface area contributed by atoms with Gasteiger partial charge in [-0.2, -0.15) is 0 Å². The summed E-state index contributed by atoms with van der Waals surface area (Å²) in [5.74, 6) is 0. The van der Waals surface area contributed by atoms with Gasteiger partial charge in [0.05, 0.1) is 7.11 Å². The Kier molecular flexibility index (Phi) is 5.78. The molecule has 0 aromatic heterocycles. The molecule has 0 bridgehead atoms. The Bertz CT molecular complexity index is 622. The van der Waals surface area contributed by atoms with E-state index in [0.717, 1.165) is 13.1 Å². The second-order valence-corrected chi connectivity index (χ2v) is 5.29. The van der Waals surface area contributed by atoms with Gasteiger partial charge in [-0.3, -0.25) is 4.90 Å². The first-order valence-corrected chi connectivity index (χ1v) is 7.71. The van der Waals surface area contributed by atoms with Gasteiger partial charge in [0.2, 0.25) is 0 Å². The minimum atomic E-state index is -0.381. The summed E-state index contributed by atoms with van der Waals surface area (Å²) in [5.41, 5.74) is 1.32. The van der Waals surface area contributed by atoms with E-state index < -0.39 is 0 Å². The molecule has 0 saturated carbocycles. The molecule has 2 rings (SSSR count). The molecular weight excluding hydrogens is 276 g/mol. The quantitative estimate of drug-likeness (QED) is 0.886. The molecule has 1 atom stereocenters. The van der Waals surface area contributed by atoms with Crippen LogP contribution in [0.15, 0.2) is 42.5 Å². The number of methoxy groups -OCH3 is 1. The summed E-state index contributed by atoms with van der Waals surface area (Å²) in [6.45, 7) is 6.64. The lowest BCUT2D eigenvalue weighted by Crippen LogP contribution is -2.36. The molecule has 4 heteroatoms. The van der Waals surface area contributed by atoms with Gasteiger partial charge >= 0.3 is 6.09 Å². The maximum atomic E-state index is 11.1. The van der Waals surface area contributed by atoms with E-state index in [-0.39, 0.29) is 12.1 Å². The lowest BCUT2D eigenvalue weighted by atomic mass is 9.98. The number of hydrogen-bond acceptors (Lipinski definition) is 3. The summed E-state index contributed by atoms with van der Waals surface area (Å²) in [4.78, 5) is 13.5. The molecule has 1 N–H and O–H groups in total. The van der Waals surface area contributed by atoms with Crippen molar-refractivity contribution in [3.8, 4) is 0 Å². The van der Waals surface area contributed by atoms with Crippen LogP contribution in [0.1, 0.15) is 25.5 Å². The number of rotatable bonds is 6. The van der Waals surface area contributed by atoms with Crippen LogP contribution in [0.4, 0.5) is 4.79 Å². The monoisotopic (exact) mass is 300 g/mol. The molecule has 118 valence electrons. The number of fused-ring (bicyclic) bond motifs is 1. The third-order valence-corrected chi connectivity index (χ3v) is 4.08. The van der Waals surface area contributed by atoms with E-state index in [4.69, 9.17) is 0 Å². The standard InChI is InChI=1S/C18H24N2O2/c1-4-20(13-12-19-18(21)22-3)14(2)16-11-7-9-15-8-5-6-10-17(15)16/h5-11,14H,4,12-13H2,1-3H3,(H,19,21)/t14-/m0/s1. The summed E-state index contributed by atoms with van der Waals surface area (Å²) in [6, 6.07) is 15.2. The Hall–Kier alpha value is -2.07. The number of likely N-dealkylation sites (N-methyl/N-ethyl adjacent to an activating group) is 1. The number of carbonyl (C=O) groups excluding carboxylic acids is 1. The SMILES string of the molecule is CCN(CCNC(=O)OC)[C@@H](C)c1cccc2ccccc12. The van der Waals surface area contributed by atoms with Gasteiger partial charge in [-0.15, -0.1) is 0 Å². The number of carbonyl (C=O) groups is 1. The van der Waals surface area contributed by atoms with E-state index in [9.17, 15) is 4.79 Å². The largest absolute Gasteiger partial charge is 0.453 e. The Labute approximate surface area is 132 Å². The molecule has 0 spiro atoms. The van der Waals surface area contributed by atoms with Crippen LogP contribution >= 0.6 is 0 Å². The van der Waals surface area contributed by atoms with Crippen molar-refractivity contribution in [2.24, 2.45) is 0 Å². The summed E-state index contributed by atoms with van der Waals surface area (Å²) < 4.78 is 4.60. The van der Waals surface area contributed by atoms with Gasteiger partial charge in [-0.25, -0.2) is 4.79 Å². The zero-order valence-electron chi connectivity index (χ0n) is 13.5. The van der Waals surface area contributed by atoms with Crippen LogP contribution in [0.2, 0.25) is 0 Å². The number of ether oxygens (including phenoxy) is 1. The Morgan fingerprint density at radius 2 is 1.95 bits per heavy atom. The fourth-order valence-corrected chi connectivity index (χ4v) is 2.81. The van der Waals surface area contributed by atoms with E-state index in [1.165, 1.54) is 23.4 Å². The Morgan fingerprint density at radius 1 is 1.23 bits per heavy atom. The minimum absolute atomic E-state index is 0.288. The van der Waals surface area contributed by atoms with Crippen LogP contribution in [0.25, 0.3) is 10.8 Å². The van der Waals surface area contributed by atoms with E-state index in [1.807, 2.05) is 0 Å². The van der Waals surface area contributed by atoms with Gasteiger partial charge in [0.1, 0.15) is 0 Å². The molecule has 0 radical (unpaired) electrons. The maximum absolute atomic E-state index is 11.1. The van der Waals surface area contributed by atoms with Crippen molar-refractivity contribution in [1.82, 2.24) is 10.2 Å². The first-order chi connectivity index (χ1) is 10.7. The first-order valence-electron chi connectivity index (χ1n) is 7.71. The van der Waals surface area contributed by atoms with Crippen LogP contribution in [-0.4, -0.2) is 37.7 Å². The van der Waals surface area contributed by atoms with E-state index in [1.54, 1.807) is 0 Å². The highest BCUT2D eigenvalue weighted by atomic mass is 16.5. The molecule has 2 aromatic rings. The predicted molar refractivity (Wildman–Crippen MR) is 90.0 cm³/mol. The molecule has 0 aliphatic heterocycles. The molecule has 0 saturated heterocycles. The molecule has 0 unspecified atom stereocenters. The fourth-order valence-electron chi connectivity index (χ4n) is 2.81. The number of amides is 1. The van der Waals surface area contributed by atoms with E-state index >= 15 is 0 Å². The maximum Gasteiger partial charge on any atom is 0.406 e. The first kappa shape index (κ1) is 16.3. The van der Waals surface area contributed by atoms with Crippen molar-refractivity contribution < 1.29 is 9.53 Å². The number of hydrogen-bond donors (Lipinski definition) is 1. The van der Waals surface area contributed by atoms with Gasteiger partial charge in [-0.05, 0) is 29.8 Å². The van der Waals surface area contributed by atoms with Gasteiger partial charge in [-0.1, -0.05) is 49.4 Å². The molecule has 1 amide bonds. The molecule has 22 heavy (non-hydrogen) atoms. The normalized spacial score (nSPS) is 12.4. The average molecular weight is 300 g/mol. The van der Waals surface area contributed by atoms with Crippen LogP contribution in [0.5, 0.6) is 0 Å². The second kappa shape index (κ2) is 7.80. The molecule has 0 aliphatic carbocycles. The minimum Gasteiger partial charge on any atom is -0.453 e. The average Bonchev–Trinajstić information content (AvgIpc) is 2.57. The van der Waals surface area contributed by atoms with Crippen molar-refractivity contribution in [3.05, 3.63) is 48.0 Å². The Balaban J connectivity index is 2.13.